The van der Waals surface area contributed by atoms with Crippen molar-refractivity contribution in [1.29, 1.82) is 0 Å². The van der Waals surface area contributed by atoms with E-state index in [0.29, 0.717) is 0 Å². The molecule has 1 heterocycles. The van der Waals surface area contributed by atoms with E-state index in [4.69, 9.17) is 0 Å². The lowest BCUT2D eigenvalue weighted by Gasteiger charge is -2.04. The summed E-state index contributed by atoms with van der Waals surface area (Å²) in [4.78, 5) is 1.18. The van der Waals surface area contributed by atoms with Crippen LogP contribution < -0.4 is 0 Å². The summed E-state index contributed by atoms with van der Waals surface area (Å²) in [7, 11) is 0. The molecule has 0 radical (unpaired) electrons. The van der Waals surface area contributed by atoms with Gasteiger partial charge in [0.05, 0.1) is 5.52 Å². The maximum absolute atomic E-state index is 9.88. The number of rotatable bonds is 3. The van der Waals surface area contributed by atoms with Crippen molar-refractivity contribution < 1.29 is 5.11 Å². The fourth-order valence-corrected chi connectivity index (χ4v) is 3.63. The molecule has 3 aromatic carbocycles. The molecule has 0 spiro atoms. The Kier molecular flexibility index (Phi) is 3.56. The van der Waals surface area contributed by atoms with Crippen LogP contribution in [0, 0.1) is 0 Å². The van der Waals surface area contributed by atoms with Crippen LogP contribution in [0.15, 0.2) is 90.0 Å². The Morgan fingerprint density at radius 3 is 2.22 bits per heavy atom. The van der Waals surface area contributed by atoms with Crippen LogP contribution in [-0.4, -0.2) is 9.08 Å². The summed E-state index contributed by atoms with van der Waals surface area (Å²) in [5.74, 6) is 0.289. The molecule has 0 aliphatic carbocycles. The maximum Gasteiger partial charge on any atom is 0.116 e. The molecular formula is C20H15NOS. The maximum atomic E-state index is 9.88. The molecule has 1 aromatic heterocycles. The van der Waals surface area contributed by atoms with Gasteiger partial charge < -0.3 is 5.11 Å². The molecular weight excluding hydrogens is 302 g/mol. The van der Waals surface area contributed by atoms with E-state index in [1.807, 2.05) is 48.5 Å². The number of fused-ring (bicyclic) bond motifs is 1. The average molecular weight is 317 g/mol. The molecule has 1 N–H and O–H groups in total. The van der Waals surface area contributed by atoms with Crippen LogP contribution in [0.5, 0.6) is 5.75 Å². The Morgan fingerprint density at radius 1 is 0.783 bits per heavy atom. The van der Waals surface area contributed by atoms with E-state index in [1.54, 1.807) is 18.0 Å². The molecule has 0 saturated carbocycles. The highest BCUT2D eigenvalue weighted by atomic mass is 32.2. The Balaban J connectivity index is 1.89. The number of nitrogens with zero attached hydrogens (tertiary/aromatic N) is 1. The molecule has 3 heteroatoms. The van der Waals surface area contributed by atoms with Crippen LogP contribution in [0.3, 0.4) is 0 Å². The van der Waals surface area contributed by atoms with Gasteiger partial charge in [0.1, 0.15) is 5.75 Å². The molecule has 4 rings (SSSR count). The van der Waals surface area contributed by atoms with Crippen molar-refractivity contribution in [2.24, 2.45) is 0 Å². The van der Waals surface area contributed by atoms with E-state index in [0.717, 1.165) is 22.0 Å². The summed E-state index contributed by atoms with van der Waals surface area (Å²) in [5, 5.41) is 10.9. The second-order valence-corrected chi connectivity index (χ2v) is 6.39. The molecule has 0 aliphatic heterocycles. The number of benzene rings is 3. The normalized spacial score (nSPS) is 11.0. The first-order valence-corrected chi connectivity index (χ1v) is 8.21. The van der Waals surface area contributed by atoms with E-state index < -0.39 is 0 Å². The second-order valence-electron chi connectivity index (χ2n) is 5.34. The van der Waals surface area contributed by atoms with Gasteiger partial charge in [0, 0.05) is 22.0 Å². The van der Waals surface area contributed by atoms with E-state index in [9.17, 15) is 5.11 Å². The summed E-state index contributed by atoms with van der Waals surface area (Å²) in [5.41, 5.74) is 3.37. The Morgan fingerprint density at radius 2 is 1.48 bits per heavy atom. The van der Waals surface area contributed by atoms with Crippen LogP contribution in [0.1, 0.15) is 0 Å². The first-order valence-electron chi connectivity index (χ1n) is 7.44. The summed E-state index contributed by atoms with van der Waals surface area (Å²) in [6.07, 6.45) is 2.14. The molecule has 0 amide bonds. The summed E-state index contributed by atoms with van der Waals surface area (Å²) >= 11 is 1.67. The zero-order chi connectivity index (χ0) is 15.6. The Bertz CT molecular complexity index is 945. The highest BCUT2D eigenvalue weighted by Crippen LogP contribution is 2.36. The van der Waals surface area contributed by atoms with Gasteiger partial charge in [-0.1, -0.05) is 48.5 Å². The van der Waals surface area contributed by atoms with Crippen molar-refractivity contribution in [2.75, 3.05) is 0 Å². The van der Waals surface area contributed by atoms with E-state index in [2.05, 4.69) is 34.4 Å². The minimum absolute atomic E-state index is 0.289. The molecule has 0 atom stereocenters. The van der Waals surface area contributed by atoms with Gasteiger partial charge >= 0.3 is 0 Å². The summed E-state index contributed by atoms with van der Waals surface area (Å²) < 4.78 is 2.16. The number of aromatic nitrogens is 1. The molecule has 0 fully saturated rings. The van der Waals surface area contributed by atoms with Gasteiger partial charge in [-0.15, -0.1) is 0 Å². The smallest absolute Gasteiger partial charge is 0.116 e. The average Bonchev–Trinajstić information content (AvgIpc) is 2.94. The minimum atomic E-state index is 0.289. The number of aromatic hydroxyl groups is 1. The number of phenolic OH excluding ortho intramolecular Hbond substituents is 1. The lowest BCUT2D eigenvalue weighted by molar-refractivity contribution is 0.476. The van der Waals surface area contributed by atoms with Gasteiger partial charge in [-0.05, 0) is 47.8 Å². The number of phenols is 1. The van der Waals surface area contributed by atoms with Crippen LogP contribution >= 0.6 is 11.9 Å². The topological polar surface area (TPSA) is 25.2 Å². The van der Waals surface area contributed by atoms with E-state index in [1.165, 1.54) is 4.90 Å². The first-order chi connectivity index (χ1) is 11.3. The van der Waals surface area contributed by atoms with Gasteiger partial charge in [0.2, 0.25) is 0 Å². The predicted molar refractivity (Wildman–Crippen MR) is 96.7 cm³/mol. The van der Waals surface area contributed by atoms with Gasteiger partial charge in [0.15, 0.2) is 0 Å². The zero-order valence-corrected chi connectivity index (χ0v) is 13.2. The largest absolute Gasteiger partial charge is 0.508 e. The van der Waals surface area contributed by atoms with Crippen molar-refractivity contribution >= 4 is 22.9 Å². The third kappa shape index (κ3) is 2.71. The summed E-state index contributed by atoms with van der Waals surface area (Å²) in [6.45, 7) is 0. The molecule has 0 bridgehead atoms. The third-order valence-corrected chi connectivity index (χ3v) is 4.77. The number of hydrogen-bond acceptors (Lipinski definition) is 2. The van der Waals surface area contributed by atoms with Gasteiger partial charge in [-0.3, -0.25) is 3.97 Å². The molecule has 0 unspecified atom stereocenters. The van der Waals surface area contributed by atoms with E-state index in [-0.39, 0.29) is 5.75 Å². The zero-order valence-electron chi connectivity index (χ0n) is 12.4. The van der Waals surface area contributed by atoms with Crippen molar-refractivity contribution in [3.63, 3.8) is 0 Å². The Labute approximate surface area is 139 Å². The van der Waals surface area contributed by atoms with Crippen LogP contribution in [0.25, 0.3) is 22.0 Å². The van der Waals surface area contributed by atoms with Crippen molar-refractivity contribution in [3.8, 4) is 16.9 Å². The molecule has 112 valence electrons. The van der Waals surface area contributed by atoms with Crippen LogP contribution in [0.4, 0.5) is 0 Å². The van der Waals surface area contributed by atoms with Gasteiger partial charge in [0.25, 0.3) is 0 Å². The van der Waals surface area contributed by atoms with Gasteiger partial charge in [-0.25, -0.2) is 0 Å². The Hall–Kier alpha value is -2.65. The van der Waals surface area contributed by atoms with Crippen molar-refractivity contribution in [1.82, 2.24) is 3.97 Å². The summed E-state index contributed by atoms with van der Waals surface area (Å²) in [6, 6.07) is 26.1. The number of hydrogen-bond donors (Lipinski definition) is 1. The standard InChI is InChI=1S/C20H15NOS/c22-16-11-12-20-18(13-16)19(15-7-3-1-4-8-15)14-21(20)23-17-9-5-2-6-10-17/h1-14,22H. The molecule has 0 saturated heterocycles. The fourth-order valence-electron chi connectivity index (χ4n) is 2.71. The minimum Gasteiger partial charge on any atom is -0.508 e. The highest BCUT2D eigenvalue weighted by molar-refractivity contribution is 7.98. The van der Waals surface area contributed by atoms with Gasteiger partial charge in [-0.2, -0.15) is 0 Å². The third-order valence-electron chi connectivity index (χ3n) is 3.79. The first kappa shape index (κ1) is 14.0. The second kappa shape index (κ2) is 5.86. The lowest BCUT2D eigenvalue weighted by atomic mass is 10.1. The van der Waals surface area contributed by atoms with Crippen LogP contribution in [-0.2, 0) is 0 Å². The quantitative estimate of drug-likeness (QED) is 0.534. The molecule has 0 aliphatic rings. The molecule has 4 aromatic rings. The SMILES string of the molecule is Oc1ccc2c(c1)c(-c1ccccc1)cn2Sc1ccccc1. The van der Waals surface area contributed by atoms with Crippen molar-refractivity contribution in [2.45, 2.75) is 4.90 Å². The van der Waals surface area contributed by atoms with Crippen LogP contribution in [0.2, 0.25) is 0 Å². The highest BCUT2D eigenvalue weighted by Gasteiger charge is 2.12. The van der Waals surface area contributed by atoms with Crippen molar-refractivity contribution in [3.05, 3.63) is 85.1 Å². The fraction of sp³-hybridized carbons (Fsp3) is 0. The lowest BCUT2D eigenvalue weighted by Crippen LogP contribution is -1.83. The molecule has 2 nitrogen and oxygen atoms in total. The predicted octanol–water partition coefficient (Wildman–Crippen LogP) is 5.57. The van der Waals surface area contributed by atoms with E-state index >= 15 is 0 Å². The molecule has 23 heavy (non-hydrogen) atoms. The monoisotopic (exact) mass is 317 g/mol.